The number of methoxy groups -OCH3 is 1. The minimum absolute atomic E-state index is 0.00964. The van der Waals surface area contributed by atoms with Crippen molar-refractivity contribution in [3.63, 3.8) is 0 Å². The average molecular weight is 487 g/mol. The second kappa shape index (κ2) is 11.4. The van der Waals surface area contributed by atoms with Gasteiger partial charge in [-0.15, -0.1) is 0 Å². The predicted octanol–water partition coefficient (Wildman–Crippen LogP) is 4.68. The van der Waals surface area contributed by atoms with Gasteiger partial charge in [-0.25, -0.2) is 8.42 Å². The summed E-state index contributed by atoms with van der Waals surface area (Å²) in [5.41, 5.74) is 1.91. The largest absolute Gasteiger partial charge is 0.496 e. The summed E-state index contributed by atoms with van der Waals surface area (Å²) >= 11 is 0. The van der Waals surface area contributed by atoms with Crippen LogP contribution in [0, 0.1) is 0 Å². The summed E-state index contributed by atoms with van der Waals surface area (Å²) < 4.78 is 33.2. The number of piperidine rings is 1. The van der Waals surface area contributed by atoms with Crippen LogP contribution in [0.2, 0.25) is 0 Å². The normalized spacial score (nSPS) is 16.1. The van der Waals surface area contributed by atoms with Crippen LogP contribution in [-0.4, -0.2) is 44.9 Å². The van der Waals surface area contributed by atoms with Gasteiger partial charge in [0.05, 0.1) is 12.0 Å². The molecule has 1 atom stereocenters. The molecule has 1 aliphatic heterocycles. The van der Waals surface area contributed by atoms with Crippen molar-refractivity contribution < 1.29 is 17.9 Å². The lowest BCUT2D eigenvalue weighted by Gasteiger charge is -2.29. The van der Waals surface area contributed by atoms with Gasteiger partial charge < -0.3 is 10.1 Å². The zero-order valence-corrected chi connectivity index (χ0v) is 21.7. The standard InChI is InChI=1S/C27H38N2O4S/c1-21(20-27(2,3)23-11-7-5-8-12-23)28-26(30)16-13-22-19-24(14-15-25(22)33-4)34(31,32)29-17-9-6-10-18-29/h5,7-8,11-12,14-15,19,21H,6,9-10,13,16-18,20H2,1-4H3,(H,28,30)/t21-/m0/s1. The van der Waals surface area contributed by atoms with Crippen LogP contribution < -0.4 is 10.1 Å². The molecule has 1 N–H and O–H groups in total. The maximum absolute atomic E-state index is 13.1. The van der Waals surface area contributed by atoms with E-state index < -0.39 is 10.0 Å². The molecule has 1 aliphatic rings. The molecule has 1 heterocycles. The Morgan fingerprint density at radius 1 is 1.09 bits per heavy atom. The highest BCUT2D eigenvalue weighted by Crippen LogP contribution is 2.29. The Morgan fingerprint density at radius 3 is 2.41 bits per heavy atom. The highest BCUT2D eigenvalue weighted by atomic mass is 32.2. The van der Waals surface area contributed by atoms with Gasteiger partial charge in [0.25, 0.3) is 0 Å². The maximum Gasteiger partial charge on any atom is 0.243 e. The quantitative estimate of drug-likeness (QED) is 0.529. The Kier molecular flexibility index (Phi) is 8.77. The summed E-state index contributed by atoms with van der Waals surface area (Å²) in [5, 5.41) is 3.10. The molecule has 0 radical (unpaired) electrons. The van der Waals surface area contributed by atoms with E-state index in [-0.39, 0.29) is 28.7 Å². The van der Waals surface area contributed by atoms with Gasteiger partial charge in [0.15, 0.2) is 0 Å². The highest BCUT2D eigenvalue weighted by Gasteiger charge is 2.27. The van der Waals surface area contributed by atoms with Crippen molar-refractivity contribution in [3.05, 3.63) is 59.7 Å². The third-order valence-corrected chi connectivity index (χ3v) is 8.50. The van der Waals surface area contributed by atoms with Crippen LogP contribution >= 0.6 is 0 Å². The summed E-state index contributed by atoms with van der Waals surface area (Å²) in [6.45, 7) is 7.51. The van der Waals surface area contributed by atoms with E-state index in [0.29, 0.717) is 25.3 Å². The van der Waals surface area contributed by atoms with E-state index in [9.17, 15) is 13.2 Å². The molecule has 0 bridgehead atoms. The number of hydrogen-bond acceptors (Lipinski definition) is 4. The summed E-state index contributed by atoms with van der Waals surface area (Å²) in [4.78, 5) is 13.0. The zero-order valence-electron chi connectivity index (χ0n) is 20.8. The van der Waals surface area contributed by atoms with Gasteiger partial charge in [-0.3, -0.25) is 4.79 Å². The van der Waals surface area contributed by atoms with E-state index in [0.717, 1.165) is 31.2 Å². The number of ether oxygens (including phenoxy) is 1. The van der Waals surface area contributed by atoms with Crippen molar-refractivity contribution in [2.45, 2.75) is 75.6 Å². The van der Waals surface area contributed by atoms with Gasteiger partial charge in [-0.1, -0.05) is 50.6 Å². The van der Waals surface area contributed by atoms with E-state index in [1.807, 2.05) is 25.1 Å². The SMILES string of the molecule is COc1ccc(S(=O)(=O)N2CCCCC2)cc1CCC(=O)N[C@@H](C)CC(C)(C)c1ccccc1. The number of nitrogens with zero attached hydrogens (tertiary/aromatic N) is 1. The lowest BCUT2D eigenvalue weighted by atomic mass is 9.79. The van der Waals surface area contributed by atoms with Crippen LogP contribution in [0.3, 0.4) is 0 Å². The third-order valence-electron chi connectivity index (χ3n) is 6.61. The van der Waals surface area contributed by atoms with E-state index in [2.05, 4.69) is 31.3 Å². The number of nitrogens with one attached hydrogen (secondary N) is 1. The van der Waals surface area contributed by atoms with Crippen LogP contribution in [0.4, 0.5) is 0 Å². The molecule has 2 aromatic rings. The number of rotatable bonds is 10. The molecule has 1 fully saturated rings. The molecule has 0 aliphatic carbocycles. The zero-order chi connectivity index (χ0) is 24.8. The summed E-state index contributed by atoms with van der Waals surface area (Å²) in [5.74, 6) is 0.548. The molecule has 6 nitrogen and oxygen atoms in total. The first-order valence-corrected chi connectivity index (χ1v) is 13.6. The number of amides is 1. The van der Waals surface area contributed by atoms with Gasteiger partial charge in [-0.05, 0) is 67.3 Å². The lowest BCUT2D eigenvalue weighted by molar-refractivity contribution is -0.121. The molecule has 0 saturated carbocycles. The molecule has 0 spiro atoms. The van der Waals surface area contributed by atoms with E-state index >= 15 is 0 Å². The van der Waals surface area contributed by atoms with E-state index in [1.54, 1.807) is 29.6 Å². The second-order valence-corrected chi connectivity index (χ2v) is 11.8. The first-order chi connectivity index (χ1) is 16.1. The average Bonchev–Trinajstić information content (AvgIpc) is 2.83. The fraction of sp³-hybridized carbons (Fsp3) is 0.519. The first kappa shape index (κ1) is 26.2. The number of carbonyl (C=O) groups is 1. The monoisotopic (exact) mass is 486 g/mol. The van der Waals surface area contributed by atoms with Crippen LogP contribution in [0.25, 0.3) is 0 Å². The molecular weight excluding hydrogens is 448 g/mol. The van der Waals surface area contributed by atoms with E-state index in [1.165, 1.54) is 5.56 Å². The number of aryl methyl sites for hydroxylation is 1. The van der Waals surface area contributed by atoms with Gasteiger partial charge in [0.2, 0.25) is 15.9 Å². The topological polar surface area (TPSA) is 75.7 Å². The summed E-state index contributed by atoms with van der Waals surface area (Å²) in [6, 6.07) is 15.3. The molecule has 7 heteroatoms. The number of carbonyl (C=O) groups excluding carboxylic acids is 1. The van der Waals surface area contributed by atoms with Crippen LogP contribution in [0.5, 0.6) is 5.75 Å². The summed E-state index contributed by atoms with van der Waals surface area (Å²) in [7, 11) is -1.98. The van der Waals surface area contributed by atoms with Crippen molar-refractivity contribution >= 4 is 15.9 Å². The van der Waals surface area contributed by atoms with Crippen molar-refractivity contribution in [3.8, 4) is 5.75 Å². The Balaban J connectivity index is 1.62. The maximum atomic E-state index is 13.1. The molecule has 2 aromatic carbocycles. The minimum Gasteiger partial charge on any atom is -0.496 e. The molecule has 0 unspecified atom stereocenters. The number of hydrogen-bond donors (Lipinski definition) is 1. The third kappa shape index (κ3) is 6.60. The molecule has 186 valence electrons. The van der Waals surface area contributed by atoms with Gasteiger partial charge in [0.1, 0.15) is 5.75 Å². The van der Waals surface area contributed by atoms with Crippen molar-refractivity contribution in [2.75, 3.05) is 20.2 Å². The second-order valence-electron chi connectivity index (χ2n) is 9.86. The molecule has 3 rings (SSSR count). The van der Waals surface area contributed by atoms with Gasteiger partial charge in [0, 0.05) is 25.6 Å². The van der Waals surface area contributed by atoms with Crippen molar-refractivity contribution in [1.29, 1.82) is 0 Å². The fourth-order valence-corrected chi connectivity index (χ4v) is 6.35. The fourth-order valence-electron chi connectivity index (χ4n) is 4.78. The molecule has 34 heavy (non-hydrogen) atoms. The van der Waals surface area contributed by atoms with Crippen molar-refractivity contribution in [1.82, 2.24) is 9.62 Å². The Labute approximate surface area is 204 Å². The molecular formula is C27H38N2O4S. The minimum atomic E-state index is -3.54. The molecule has 1 saturated heterocycles. The van der Waals surface area contributed by atoms with Crippen LogP contribution in [0.15, 0.2) is 53.4 Å². The van der Waals surface area contributed by atoms with Crippen LogP contribution in [-0.2, 0) is 26.7 Å². The molecule has 0 aromatic heterocycles. The van der Waals surface area contributed by atoms with E-state index in [4.69, 9.17) is 4.74 Å². The van der Waals surface area contributed by atoms with Crippen LogP contribution in [0.1, 0.15) is 64.0 Å². The number of sulfonamides is 1. The number of benzene rings is 2. The predicted molar refractivity (Wildman–Crippen MR) is 136 cm³/mol. The smallest absolute Gasteiger partial charge is 0.243 e. The Hall–Kier alpha value is -2.38. The van der Waals surface area contributed by atoms with Gasteiger partial charge >= 0.3 is 0 Å². The van der Waals surface area contributed by atoms with Crippen molar-refractivity contribution in [2.24, 2.45) is 0 Å². The Bertz CT molecular complexity index is 1060. The highest BCUT2D eigenvalue weighted by molar-refractivity contribution is 7.89. The lowest BCUT2D eigenvalue weighted by Crippen LogP contribution is -2.37. The molecule has 1 amide bonds. The Morgan fingerprint density at radius 2 is 1.76 bits per heavy atom. The van der Waals surface area contributed by atoms with Gasteiger partial charge in [-0.2, -0.15) is 4.31 Å². The first-order valence-electron chi connectivity index (χ1n) is 12.2. The summed E-state index contributed by atoms with van der Waals surface area (Å²) in [6.07, 6.45) is 4.34.